The summed E-state index contributed by atoms with van der Waals surface area (Å²) in [7, 11) is 0. The molecule has 31 heavy (non-hydrogen) atoms. The van der Waals surface area contributed by atoms with Crippen LogP contribution in [-0.4, -0.2) is 28.2 Å². The third kappa shape index (κ3) is 4.39. The number of benzene rings is 2. The maximum absolute atomic E-state index is 13.4. The molecule has 0 radical (unpaired) electrons. The van der Waals surface area contributed by atoms with Crippen molar-refractivity contribution in [3.05, 3.63) is 67.7 Å². The van der Waals surface area contributed by atoms with Gasteiger partial charge in [-0.05, 0) is 24.3 Å². The Morgan fingerprint density at radius 1 is 1.03 bits per heavy atom. The SMILES string of the molecule is NN1C(C(F)(F)F)N=C(c2c(Cl)cc(C(F)(F)F)cc2Cl)N1c1ccc([N+](=O)[O-])cc1. The molecule has 0 amide bonds. The number of nitrogens with two attached hydrogens (primary N) is 1. The lowest BCUT2D eigenvalue weighted by Gasteiger charge is -2.30. The summed E-state index contributed by atoms with van der Waals surface area (Å²) in [6.45, 7) is 0. The Morgan fingerprint density at radius 3 is 1.97 bits per heavy atom. The van der Waals surface area contributed by atoms with Crippen molar-refractivity contribution in [1.82, 2.24) is 5.12 Å². The van der Waals surface area contributed by atoms with Crippen LogP contribution in [0.4, 0.5) is 37.7 Å². The van der Waals surface area contributed by atoms with E-state index in [-0.39, 0.29) is 16.5 Å². The minimum atomic E-state index is -4.97. The molecule has 1 unspecified atom stereocenters. The molecular formula is C16H9Cl2F6N5O2. The number of hydrogen-bond acceptors (Lipinski definition) is 6. The summed E-state index contributed by atoms with van der Waals surface area (Å²) in [6, 6.07) is 5.13. The lowest BCUT2D eigenvalue weighted by molar-refractivity contribution is -0.384. The molecule has 0 aliphatic carbocycles. The van der Waals surface area contributed by atoms with Gasteiger partial charge in [-0.3, -0.25) is 10.1 Å². The normalized spacial score (nSPS) is 17.8. The van der Waals surface area contributed by atoms with Gasteiger partial charge in [-0.2, -0.15) is 26.3 Å². The molecule has 2 aromatic carbocycles. The lowest BCUT2D eigenvalue weighted by Crippen LogP contribution is -2.54. The predicted octanol–water partition coefficient (Wildman–Crippen LogP) is 5.17. The largest absolute Gasteiger partial charge is 0.427 e. The lowest BCUT2D eigenvalue weighted by atomic mass is 10.1. The third-order valence-electron chi connectivity index (χ3n) is 4.12. The van der Waals surface area contributed by atoms with Crippen LogP contribution in [0.25, 0.3) is 0 Å². The Kier molecular flexibility index (Phi) is 5.82. The van der Waals surface area contributed by atoms with Gasteiger partial charge in [-0.25, -0.2) is 15.8 Å². The Balaban J connectivity index is 2.18. The molecule has 0 saturated heterocycles. The molecule has 15 heteroatoms. The first kappa shape index (κ1) is 23.1. The van der Waals surface area contributed by atoms with Gasteiger partial charge >= 0.3 is 12.4 Å². The molecule has 0 saturated carbocycles. The van der Waals surface area contributed by atoms with Crippen molar-refractivity contribution in [2.24, 2.45) is 10.8 Å². The van der Waals surface area contributed by atoms with E-state index in [1.165, 1.54) is 0 Å². The average Bonchev–Trinajstić information content (AvgIpc) is 2.97. The third-order valence-corrected chi connectivity index (χ3v) is 4.71. The van der Waals surface area contributed by atoms with E-state index >= 15 is 0 Å². The van der Waals surface area contributed by atoms with Crippen LogP contribution in [0, 0.1) is 10.1 Å². The highest BCUT2D eigenvalue weighted by Gasteiger charge is 2.51. The van der Waals surface area contributed by atoms with Gasteiger partial charge in [-0.15, -0.1) is 5.12 Å². The highest BCUT2D eigenvalue weighted by Crippen LogP contribution is 2.40. The molecule has 0 fully saturated rings. The number of nitro benzene ring substituents is 1. The van der Waals surface area contributed by atoms with Crippen LogP contribution in [-0.2, 0) is 6.18 Å². The molecule has 7 nitrogen and oxygen atoms in total. The first-order valence-electron chi connectivity index (χ1n) is 8.01. The standard InChI is InChI=1S/C16H9Cl2F6N5O2/c17-10-5-7(15(19,20)21)6-11(18)12(10)13-26-14(16(22,23)24)28(25)27(13)8-1-3-9(4-2-8)29(30)31/h1-6,14H,25H2. The number of non-ortho nitro benzene ring substituents is 1. The minimum absolute atomic E-state index is 0.106. The summed E-state index contributed by atoms with van der Waals surface area (Å²) >= 11 is 11.9. The van der Waals surface area contributed by atoms with Crippen LogP contribution in [0.3, 0.4) is 0 Å². The van der Waals surface area contributed by atoms with Crippen molar-refractivity contribution in [2.45, 2.75) is 18.5 Å². The zero-order valence-electron chi connectivity index (χ0n) is 14.7. The highest BCUT2D eigenvalue weighted by molar-refractivity contribution is 6.41. The van der Waals surface area contributed by atoms with E-state index in [1.807, 2.05) is 0 Å². The first-order chi connectivity index (χ1) is 14.2. The van der Waals surface area contributed by atoms with E-state index in [4.69, 9.17) is 29.0 Å². The molecule has 2 aromatic rings. The number of alkyl halides is 6. The zero-order chi connectivity index (χ0) is 23.3. The Morgan fingerprint density at radius 2 is 1.55 bits per heavy atom. The highest BCUT2D eigenvalue weighted by atomic mass is 35.5. The summed E-state index contributed by atoms with van der Waals surface area (Å²) < 4.78 is 79.2. The van der Waals surface area contributed by atoms with Crippen LogP contribution in [0.5, 0.6) is 0 Å². The average molecular weight is 488 g/mol. The van der Waals surface area contributed by atoms with Crippen LogP contribution < -0.4 is 10.9 Å². The maximum Gasteiger partial charge on any atom is 0.427 e. The number of halogens is 8. The smallest absolute Gasteiger partial charge is 0.258 e. The number of amidine groups is 1. The fraction of sp³-hybridized carbons (Fsp3) is 0.188. The van der Waals surface area contributed by atoms with Gasteiger partial charge < -0.3 is 0 Å². The minimum Gasteiger partial charge on any atom is -0.258 e. The van der Waals surface area contributed by atoms with Gasteiger partial charge in [0.25, 0.3) is 5.69 Å². The molecular weight excluding hydrogens is 479 g/mol. The van der Waals surface area contributed by atoms with E-state index in [9.17, 15) is 36.5 Å². The van der Waals surface area contributed by atoms with Crippen molar-refractivity contribution in [1.29, 1.82) is 0 Å². The van der Waals surface area contributed by atoms with Gasteiger partial charge in [0.15, 0.2) is 5.84 Å². The number of rotatable bonds is 3. The second kappa shape index (κ2) is 7.82. The fourth-order valence-electron chi connectivity index (χ4n) is 2.76. The van der Waals surface area contributed by atoms with Crippen LogP contribution in [0.15, 0.2) is 41.4 Å². The molecule has 1 heterocycles. The van der Waals surface area contributed by atoms with E-state index in [1.54, 1.807) is 0 Å². The van der Waals surface area contributed by atoms with Crippen LogP contribution in [0.2, 0.25) is 10.0 Å². The second-order valence-electron chi connectivity index (χ2n) is 6.15. The fourth-order valence-corrected chi connectivity index (χ4v) is 3.42. The first-order valence-corrected chi connectivity index (χ1v) is 8.77. The topological polar surface area (TPSA) is 88.0 Å². The number of anilines is 1. The number of hydrazine groups is 2. The van der Waals surface area contributed by atoms with Gasteiger partial charge in [-0.1, -0.05) is 23.2 Å². The summed E-state index contributed by atoms with van der Waals surface area (Å²) in [4.78, 5) is 13.6. The van der Waals surface area contributed by atoms with Gasteiger partial charge in [0.2, 0.25) is 6.17 Å². The number of aliphatic imine (C=N–C) groups is 1. The Bertz CT molecular complexity index is 1030. The Labute approximate surface area is 179 Å². The van der Waals surface area contributed by atoms with E-state index < -0.39 is 50.4 Å². The van der Waals surface area contributed by atoms with Crippen molar-refractivity contribution < 1.29 is 31.3 Å². The number of hydrogen-bond donors (Lipinski definition) is 1. The molecule has 0 aromatic heterocycles. The molecule has 1 aliphatic heterocycles. The van der Waals surface area contributed by atoms with E-state index in [0.717, 1.165) is 24.3 Å². The van der Waals surface area contributed by atoms with Gasteiger partial charge in [0.1, 0.15) is 0 Å². The summed E-state index contributed by atoms with van der Waals surface area (Å²) in [5, 5.41) is 10.4. The van der Waals surface area contributed by atoms with Crippen molar-refractivity contribution in [2.75, 3.05) is 5.01 Å². The summed E-state index contributed by atoms with van der Waals surface area (Å²) in [5.74, 6) is 5.00. The van der Waals surface area contributed by atoms with Crippen molar-refractivity contribution >= 4 is 40.4 Å². The van der Waals surface area contributed by atoms with Crippen LogP contribution in [0.1, 0.15) is 11.1 Å². The molecule has 2 N–H and O–H groups in total. The molecule has 1 aliphatic rings. The Hall–Kier alpha value is -2.61. The van der Waals surface area contributed by atoms with E-state index in [0.29, 0.717) is 17.1 Å². The zero-order valence-corrected chi connectivity index (χ0v) is 16.3. The summed E-state index contributed by atoms with van der Waals surface area (Å²) in [6.07, 6.45) is -12.4. The molecule has 0 spiro atoms. The van der Waals surface area contributed by atoms with Crippen LogP contribution >= 0.6 is 23.2 Å². The van der Waals surface area contributed by atoms with Crippen molar-refractivity contribution in [3.63, 3.8) is 0 Å². The monoisotopic (exact) mass is 487 g/mol. The molecule has 166 valence electrons. The predicted molar refractivity (Wildman–Crippen MR) is 99.4 cm³/mol. The number of nitro groups is 1. The van der Waals surface area contributed by atoms with E-state index in [2.05, 4.69) is 4.99 Å². The summed E-state index contributed by atoms with van der Waals surface area (Å²) in [5.41, 5.74) is -2.12. The van der Waals surface area contributed by atoms with Crippen molar-refractivity contribution in [3.8, 4) is 0 Å². The maximum atomic E-state index is 13.4. The van der Waals surface area contributed by atoms with Gasteiger partial charge in [0.05, 0.1) is 31.8 Å². The second-order valence-corrected chi connectivity index (χ2v) is 6.96. The molecule has 0 bridgehead atoms. The molecule has 3 rings (SSSR count). The van der Waals surface area contributed by atoms with Gasteiger partial charge in [0, 0.05) is 12.1 Å². The quantitative estimate of drug-likeness (QED) is 0.279. The number of nitrogens with zero attached hydrogens (tertiary/aromatic N) is 4. The molecule has 1 atom stereocenters.